The van der Waals surface area contributed by atoms with Crippen LogP contribution >= 0.6 is 0 Å². The summed E-state index contributed by atoms with van der Waals surface area (Å²) in [6.07, 6.45) is 15.3. The van der Waals surface area contributed by atoms with Crippen molar-refractivity contribution in [3.8, 4) is 22.3 Å². The third-order valence-corrected chi connectivity index (χ3v) is 14.3. The Morgan fingerprint density at radius 1 is 0.547 bits per heavy atom. The highest BCUT2D eigenvalue weighted by atomic mass is 15.2. The van der Waals surface area contributed by atoms with Gasteiger partial charge in [0.25, 0.3) is 0 Å². The largest absolute Gasteiger partial charge is 0.334 e. The quantitative estimate of drug-likeness (QED) is 0.225. The predicted molar refractivity (Wildman–Crippen MR) is 225 cm³/mol. The summed E-state index contributed by atoms with van der Waals surface area (Å²) in [5.74, 6) is 3.22. The third kappa shape index (κ3) is 4.45. The molecule has 53 heavy (non-hydrogen) atoms. The molecule has 244 valence electrons. The van der Waals surface area contributed by atoms with E-state index in [1.165, 1.54) is 76.9 Å². The molecule has 5 aromatic rings. The first kappa shape index (κ1) is 32.2. The fourth-order valence-corrected chi connectivity index (χ4v) is 12.3. The molecule has 1 atom stereocenters. The maximum absolute atomic E-state index is 6.53. The predicted octanol–water partition coefficient (Wildman–Crippen LogP) is 5.50. The lowest BCUT2D eigenvalue weighted by Crippen LogP contribution is -2.56. The highest BCUT2D eigenvalue weighted by Crippen LogP contribution is 2.69. The Labute approximate surface area is 320 Å². The van der Waals surface area contributed by atoms with Crippen molar-refractivity contribution >= 4 is 83.5 Å². The average molecular weight is 669 g/mol. The molecule has 0 aromatic heterocycles. The standard InChI is InChI=1S/C47H36B5N/c48-42-41(43(49)45(51)46(52)44(42)50)27-9-11-32(12-10-27)53(33-13-15-36-29(23-33)22-28-5-1-2-6-35(28)36)34-14-16-38-37-7-3-4-8-39(37)47(40(38)24-34)30-18-25-17-26(20-30)21-31(47)19-25/h1-11,13-16,23-26,30-32H,12,17-22H2. The average Bonchev–Trinajstić information content (AvgIpc) is 3.69. The van der Waals surface area contributed by atoms with Gasteiger partial charge in [0.05, 0.1) is 6.04 Å². The van der Waals surface area contributed by atoms with Gasteiger partial charge in [0.1, 0.15) is 39.2 Å². The highest BCUT2D eigenvalue weighted by molar-refractivity contribution is 6.67. The Morgan fingerprint density at radius 2 is 1.13 bits per heavy atom. The van der Waals surface area contributed by atoms with Crippen LogP contribution in [0.4, 0.5) is 11.4 Å². The van der Waals surface area contributed by atoms with E-state index in [9.17, 15) is 0 Å². The van der Waals surface area contributed by atoms with Crippen LogP contribution in [0.2, 0.25) is 0 Å². The Morgan fingerprint density at radius 3 is 1.83 bits per heavy atom. The van der Waals surface area contributed by atoms with Crippen molar-refractivity contribution in [3.63, 3.8) is 0 Å². The number of hydrogen-bond donors (Lipinski definition) is 0. The van der Waals surface area contributed by atoms with Crippen LogP contribution in [-0.4, -0.2) is 45.3 Å². The highest BCUT2D eigenvalue weighted by Gasteiger charge is 2.61. The van der Waals surface area contributed by atoms with Gasteiger partial charge in [0.15, 0.2) is 0 Å². The Bertz CT molecular complexity index is 2400. The Hall–Kier alpha value is -4.30. The van der Waals surface area contributed by atoms with E-state index in [2.05, 4.69) is 108 Å². The number of rotatable bonds is 4. The lowest BCUT2D eigenvalue weighted by Gasteiger charge is -2.61. The van der Waals surface area contributed by atoms with E-state index in [-0.39, 0.29) is 27.8 Å². The number of nitrogens with zero attached hydrogens (tertiary/aromatic N) is 1. The van der Waals surface area contributed by atoms with Crippen molar-refractivity contribution in [3.05, 3.63) is 131 Å². The SMILES string of the molecule is [B]c1c([B])c([B])c(C2=CCC(N(c3ccc4c(c3)Cc3ccccc3-4)c3ccc4c(c3)C3(c5ccccc5-4)C4CC5CC(C4)CC3C5)C=C2)c([B])c1[B]. The summed E-state index contributed by atoms with van der Waals surface area (Å²) in [7, 11) is 31.8. The van der Waals surface area contributed by atoms with Crippen LogP contribution in [0.25, 0.3) is 27.8 Å². The molecule has 0 aliphatic heterocycles. The van der Waals surface area contributed by atoms with Gasteiger partial charge >= 0.3 is 0 Å². The topological polar surface area (TPSA) is 3.24 Å². The monoisotopic (exact) mass is 669 g/mol. The van der Waals surface area contributed by atoms with Crippen LogP contribution in [0.5, 0.6) is 0 Å². The summed E-state index contributed by atoms with van der Waals surface area (Å²) in [5, 5.41) is 0. The van der Waals surface area contributed by atoms with E-state index in [4.69, 9.17) is 39.2 Å². The van der Waals surface area contributed by atoms with Gasteiger partial charge in [-0.2, -0.15) is 0 Å². The smallest absolute Gasteiger partial charge is 0.113 e. The number of fused-ring (bicyclic) bond motifs is 6. The van der Waals surface area contributed by atoms with Crippen molar-refractivity contribution in [2.24, 2.45) is 23.7 Å². The first-order chi connectivity index (χ1) is 25.8. The molecule has 4 fully saturated rings. The van der Waals surface area contributed by atoms with Crippen molar-refractivity contribution in [1.29, 1.82) is 0 Å². The summed E-state index contributed by atoms with van der Waals surface area (Å²) in [4.78, 5) is 2.57. The molecule has 6 heteroatoms. The maximum atomic E-state index is 6.53. The summed E-state index contributed by atoms with van der Waals surface area (Å²) in [5.41, 5.74) is 17.2. The molecule has 1 spiro atoms. The number of hydrogen-bond acceptors (Lipinski definition) is 1. The molecule has 4 bridgehead atoms. The minimum atomic E-state index is 0.0581. The summed E-state index contributed by atoms with van der Waals surface area (Å²) in [6, 6.07) is 32.8. The van der Waals surface area contributed by atoms with Crippen molar-refractivity contribution in [2.75, 3.05) is 4.90 Å². The summed E-state index contributed by atoms with van der Waals surface area (Å²) < 4.78 is 0. The molecule has 5 aromatic carbocycles. The minimum absolute atomic E-state index is 0.0581. The van der Waals surface area contributed by atoms with Gasteiger partial charge in [0.2, 0.25) is 0 Å². The van der Waals surface area contributed by atoms with E-state index in [1.807, 2.05) is 0 Å². The van der Waals surface area contributed by atoms with Gasteiger partial charge in [-0.3, -0.25) is 0 Å². The molecule has 7 aliphatic rings. The van der Waals surface area contributed by atoms with Gasteiger partial charge in [-0.05, 0) is 149 Å². The van der Waals surface area contributed by atoms with Crippen molar-refractivity contribution in [2.45, 2.75) is 56.4 Å². The number of allylic oxidation sites excluding steroid dienone is 2. The van der Waals surface area contributed by atoms with E-state index in [0.29, 0.717) is 28.3 Å². The van der Waals surface area contributed by atoms with Gasteiger partial charge in [-0.25, -0.2) is 0 Å². The van der Waals surface area contributed by atoms with Crippen LogP contribution < -0.4 is 32.2 Å². The second kappa shape index (κ2) is 11.6. The molecule has 10 radical (unpaired) electrons. The van der Waals surface area contributed by atoms with E-state index in [1.54, 1.807) is 11.1 Å². The zero-order chi connectivity index (χ0) is 35.7. The Kier molecular flexibility index (Phi) is 7.04. The van der Waals surface area contributed by atoms with Gasteiger partial charge in [0, 0.05) is 16.8 Å². The molecule has 0 amide bonds. The minimum Gasteiger partial charge on any atom is -0.334 e. The zero-order valence-electron chi connectivity index (χ0n) is 30.0. The van der Waals surface area contributed by atoms with Gasteiger partial charge in [-0.15, -0.1) is 16.4 Å². The van der Waals surface area contributed by atoms with Crippen molar-refractivity contribution < 1.29 is 0 Å². The lowest BCUT2D eigenvalue weighted by atomic mass is 9.43. The summed E-state index contributed by atoms with van der Waals surface area (Å²) in [6.45, 7) is 0. The first-order valence-electron chi connectivity index (χ1n) is 19.5. The van der Waals surface area contributed by atoms with Crippen LogP contribution in [0.1, 0.15) is 66.3 Å². The van der Waals surface area contributed by atoms with Gasteiger partial charge in [-0.1, -0.05) is 89.8 Å². The van der Waals surface area contributed by atoms with E-state index >= 15 is 0 Å². The fourth-order valence-electron chi connectivity index (χ4n) is 12.3. The molecule has 0 saturated heterocycles. The Balaban J connectivity index is 1.05. The molecule has 1 unspecified atom stereocenters. The van der Waals surface area contributed by atoms with Crippen LogP contribution in [0, 0.1) is 23.7 Å². The third-order valence-electron chi connectivity index (χ3n) is 14.3. The molecule has 0 N–H and O–H groups in total. The van der Waals surface area contributed by atoms with E-state index in [0.717, 1.165) is 30.3 Å². The normalized spacial score (nSPS) is 26.6. The molecule has 0 heterocycles. The maximum Gasteiger partial charge on any atom is 0.113 e. The zero-order valence-corrected chi connectivity index (χ0v) is 30.0. The molecule has 12 rings (SSSR count). The first-order valence-corrected chi connectivity index (χ1v) is 19.5. The van der Waals surface area contributed by atoms with Crippen molar-refractivity contribution in [1.82, 2.24) is 0 Å². The molecule has 7 aliphatic carbocycles. The summed E-state index contributed by atoms with van der Waals surface area (Å²) >= 11 is 0. The van der Waals surface area contributed by atoms with E-state index < -0.39 is 0 Å². The van der Waals surface area contributed by atoms with Crippen LogP contribution in [0.15, 0.2) is 103 Å². The molecule has 4 saturated carbocycles. The fraction of sp³-hybridized carbons (Fsp3) is 0.277. The van der Waals surface area contributed by atoms with Crippen LogP contribution in [0.3, 0.4) is 0 Å². The lowest BCUT2D eigenvalue weighted by molar-refractivity contribution is -0.0399. The molecular formula is C47H36B5N. The van der Waals surface area contributed by atoms with Gasteiger partial charge < -0.3 is 4.90 Å². The number of anilines is 2. The molecule has 1 nitrogen and oxygen atoms in total. The number of benzene rings is 5. The molecular weight excluding hydrogens is 633 g/mol. The second-order valence-electron chi connectivity index (χ2n) is 16.8. The van der Waals surface area contributed by atoms with Crippen LogP contribution in [-0.2, 0) is 11.8 Å². The second-order valence-corrected chi connectivity index (χ2v) is 16.8.